The molecule has 1 aromatic heterocycles. The molecule has 0 aliphatic heterocycles. The summed E-state index contributed by atoms with van der Waals surface area (Å²) in [6, 6.07) is 11.0. The van der Waals surface area contributed by atoms with Crippen molar-refractivity contribution < 1.29 is 0 Å². The van der Waals surface area contributed by atoms with Crippen LogP contribution in [0.25, 0.3) is 0 Å². The van der Waals surface area contributed by atoms with Gasteiger partial charge in [0.2, 0.25) is 0 Å². The van der Waals surface area contributed by atoms with Crippen molar-refractivity contribution in [1.29, 1.82) is 0 Å². The SMILES string of the molecule is CCCC(NCc1csnn1)c1ccccc1. The summed E-state index contributed by atoms with van der Waals surface area (Å²) in [5.41, 5.74) is 2.37. The second kappa shape index (κ2) is 6.47. The van der Waals surface area contributed by atoms with E-state index < -0.39 is 0 Å². The molecule has 1 aromatic carbocycles. The summed E-state index contributed by atoms with van der Waals surface area (Å²) in [4.78, 5) is 0. The Hall–Kier alpha value is -1.26. The Balaban J connectivity index is 1.98. The number of nitrogens with zero attached hydrogens (tertiary/aromatic N) is 2. The smallest absolute Gasteiger partial charge is 0.0893 e. The Kier molecular flexibility index (Phi) is 4.64. The van der Waals surface area contributed by atoms with Gasteiger partial charge in [0.15, 0.2) is 0 Å². The van der Waals surface area contributed by atoms with Crippen molar-refractivity contribution in [2.24, 2.45) is 0 Å². The zero-order valence-corrected chi connectivity index (χ0v) is 10.8. The second-order valence-electron chi connectivity index (χ2n) is 4.03. The van der Waals surface area contributed by atoms with E-state index in [2.05, 4.69) is 52.2 Å². The lowest BCUT2D eigenvalue weighted by molar-refractivity contribution is 0.489. The molecule has 1 unspecified atom stereocenters. The molecule has 0 spiro atoms. The van der Waals surface area contributed by atoms with Crippen molar-refractivity contribution in [3.63, 3.8) is 0 Å². The largest absolute Gasteiger partial charge is 0.304 e. The molecule has 0 radical (unpaired) electrons. The maximum atomic E-state index is 4.05. The molecule has 0 fully saturated rings. The maximum Gasteiger partial charge on any atom is 0.0893 e. The first-order valence-electron chi connectivity index (χ1n) is 5.94. The van der Waals surface area contributed by atoms with Crippen LogP contribution < -0.4 is 5.32 Å². The summed E-state index contributed by atoms with van der Waals surface area (Å²) < 4.78 is 3.87. The van der Waals surface area contributed by atoms with Gasteiger partial charge in [-0.3, -0.25) is 0 Å². The van der Waals surface area contributed by atoms with Gasteiger partial charge in [0.25, 0.3) is 0 Å². The van der Waals surface area contributed by atoms with E-state index in [4.69, 9.17) is 0 Å². The Morgan fingerprint density at radius 1 is 1.29 bits per heavy atom. The second-order valence-corrected chi connectivity index (χ2v) is 4.64. The van der Waals surface area contributed by atoms with Gasteiger partial charge in [0, 0.05) is 18.0 Å². The van der Waals surface area contributed by atoms with Gasteiger partial charge in [0.1, 0.15) is 0 Å². The van der Waals surface area contributed by atoms with Gasteiger partial charge in [-0.15, -0.1) is 5.10 Å². The van der Waals surface area contributed by atoms with Crippen molar-refractivity contribution in [3.05, 3.63) is 47.0 Å². The fraction of sp³-hybridized carbons (Fsp3) is 0.385. The molecule has 0 bridgehead atoms. The molecule has 2 aromatic rings. The van der Waals surface area contributed by atoms with Gasteiger partial charge in [-0.1, -0.05) is 48.2 Å². The Morgan fingerprint density at radius 2 is 2.12 bits per heavy atom. The van der Waals surface area contributed by atoms with Gasteiger partial charge >= 0.3 is 0 Å². The van der Waals surface area contributed by atoms with Crippen LogP contribution in [0.1, 0.15) is 37.1 Å². The minimum Gasteiger partial charge on any atom is -0.304 e. The van der Waals surface area contributed by atoms with Crippen LogP contribution in [0.15, 0.2) is 35.7 Å². The highest BCUT2D eigenvalue weighted by atomic mass is 32.1. The normalized spacial score (nSPS) is 12.5. The Morgan fingerprint density at radius 3 is 2.76 bits per heavy atom. The van der Waals surface area contributed by atoms with E-state index >= 15 is 0 Å². The third-order valence-corrected chi connectivity index (χ3v) is 3.27. The van der Waals surface area contributed by atoms with Crippen molar-refractivity contribution in [3.8, 4) is 0 Å². The molecule has 0 aliphatic carbocycles. The van der Waals surface area contributed by atoms with Crippen LogP contribution in [0, 0.1) is 0 Å². The lowest BCUT2D eigenvalue weighted by Crippen LogP contribution is -2.21. The van der Waals surface area contributed by atoms with Crippen LogP contribution in [0.4, 0.5) is 0 Å². The number of hydrogen-bond acceptors (Lipinski definition) is 4. The van der Waals surface area contributed by atoms with Crippen LogP contribution in [-0.2, 0) is 6.54 Å². The molecule has 1 heterocycles. The van der Waals surface area contributed by atoms with Crippen molar-refractivity contribution in [1.82, 2.24) is 14.9 Å². The van der Waals surface area contributed by atoms with Crippen LogP contribution in [0.3, 0.4) is 0 Å². The maximum absolute atomic E-state index is 4.05. The first kappa shape index (κ1) is 12.2. The topological polar surface area (TPSA) is 37.8 Å². The lowest BCUT2D eigenvalue weighted by Gasteiger charge is -2.17. The molecular formula is C13H17N3S. The number of nitrogens with one attached hydrogen (secondary N) is 1. The van der Waals surface area contributed by atoms with E-state index in [0.29, 0.717) is 6.04 Å². The molecule has 0 aliphatic rings. The van der Waals surface area contributed by atoms with Crippen LogP contribution in [-0.4, -0.2) is 9.59 Å². The molecule has 1 atom stereocenters. The average molecular weight is 247 g/mol. The van der Waals surface area contributed by atoms with E-state index in [1.807, 2.05) is 5.38 Å². The van der Waals surface area contributed by atoms with Crippen molar-refractivity contribution in [2.45, 2.75) is 32.4 Å². The van der Waals surface area contributed by atoms with E-state index in [-0.39, 0.29) is 0 Å². The van der Waals surface area contributed by atoms with Crippen LogP contribution >= 0.6 is 11.5 Å². The number of benzene rings is 1. The number of aromatic nitrogens is 2. The Bertz CT molecular complexity index is 413. The van der Waals surface area contributed by atoms with Crippen LogP contribution in [0.5, 0.6) is 0 Å². The molecular weight excluding hydrogens is 230 g/mol. The first-order chi connectivity index (χ1) is 8.40. The quantitative estimate of drug-likeness (QED) is 0.852. The zero-order valence-electron chi connectivity index (χ0n) is 9.97. The molecule has 17 heavy (non-hydrogen) atoms. The van der Waals surface area contributed by atoms with E-state index in [1.165, 1.54) is 23.5 Å². The summed E-state index contributed by atoms with van der Waals surface area (Å²) >= 11 is 1.40. The van der Waals surface area contributed by atoms with Gasteiger partial charge in [-0.05, 0) is 23.5 Å². The van der Waals surface area contributed by atoms with Crippen molar-refractivity contribution >= 4 is 11.5 Å². The van der Waals surface area contributed by atoms with Crippen molar-refractivity contribution in [2.75, 3.05) is 0 Å². The molecule has 90 valence electrons. The predicted octanol–water partition coefficient (Wildman–Crippen LogP) is 3.17. The highest BCUT2D eigenvalue weighted by Gasteiger charge is 2.09. The van der Waals surface area contributed by atoms with E-state index in [9.17, 15) is 0 Å². The molecule has 0 saturated heterocycles. The zero-order chi connectivity index (χ0) is 11.9. The van der Waals surface area contributed by atoms with Crippen LogP contribution in [0.2, 0.25) is 0 Å². The highest BCUT2D eigenvalue weighted by molar-refractivity contribution is 7.03. The summed E-state index contributed by atoms with van der Waals surface area (Å²) in [6.45, 7) is 3.00. The standard InChI is InChI=1S/C13H17N3S/c1-2-6-13(11-7-4-3-5-8-11)14-9-12-10-17-16-15-12/h3-5,7-8,10,13-14H,2,6,9H2,1H3. The minimum atomic E-state index is 0.405. The summed E-state index contributed by atoms with van der Waals surface area (Å²) in [6.07, 6.45) is 2.31. The molecule has 4 heteroatoms. The summed E-state index contributed by atoms with van der Waals surface area (Å²) in [7, 11) is 0. The van der Waals surface area contributed by atoms with E-state index in [1.54, 1.807) is 0 Å². The molecule has 0 amide bonds. The number of rotatable bonds is 6. The predicted molar refractivity (Wildman–Crippen MR) is 70.8 cm³/mol. The summed E-state index contributed by atoms with van der Waals surface area (Å²) in [5, 5.41) is 9.58. The monoisotopic (exact) mass is 247 g/mol. The highest BCUT2D eigenvalue weighted by Crippen LogP contribution is 2.18. The summed E-state index contributed by atoms with van der Waals surface area (Å²) in [5.74, 6) is 0. The molecule has 0 saturated carbocycles. The van der Waals surface area contributed by atoms with Gasteiger partial charge in [0.05, 0.1) is 5.69 Å². The van der Waals surface area contributed by atoms with Gasteiger partial charge < -0.3 is 5.32 Å². The van der Waals surface area contributed by atoms with Gasteiger partial charge in [-0.25, -0.2) is 0 Å². The fourth-order valence-corrected chi connectivity index (χ4v) is 2.30. The minimum absolute atomic E-state index is 0.405. The molecule has 3 nitrogen and oxygen atoms in total. The number of hydrogen-bond donors (Lipinski definition) is 1. The van der Waals surface area contributed by atoms with Gasteiger partial charge in [-0.2, -0.15) is 0 Å². The first-order valence-corrected chi connectivity index (χ1v) is 6.78. The van der Waals surface area contributed by atoms with E-state index in [0.717, 1.165) is 18.7 Å². The molecule has 2 rings (SSSR count). The lowest BCUT2D eigenvalue weighted by atomic mass is 10.0. The average Bonchev–Trinajstić information content (AvgIpc) is 2.88. The fourth-order valence-electron chi connectivity index (χ4n) is 1.85. The Labute approximate surface area is 106 Å². The third-order valence-electron chi connectivity index (χ3n) is 2.71. The third kappa shape index (κ3) is 3.61. The molecule has 1 N–H and O–H groups in total.